The fourth-order valence-electron chi connectivity index (χ4n) is 3.88. The van der Waals surface area contributed by atoms with Crippen LogP contribution >= 0.6 is 0 Å². The Morgan fingerprint density at radius 3 is 2.21 bits per heavy atom. The van der Waals surface area contributed by atoms with Crippen molar-refractivity contribution in [2.45, 2.75) is 45.4 Å². The molecule has 3 aromatic carbocycles. The van der Waals surface area contributed by atoms with Crippen molar-refractivity contribution in [2.24, 2.45) is 5.92 Å². The van der Waals surface area contributed by atoms with Gasteiger partial charge in [-0.05, 0) is 68.0 Å². The monoisotopic (exact) mass is 478 g/mol. The molecule has 0 aliphatic heterocycles. The third-order valence-electron chi connectivity index (χ3n) is 6.06. The first-order valence-corrected chi connectivity index (χ1v) is 13.1. The van der Waals surface area contributed by atoms with Crippen LogP contribution in [0.1, 0.15) is 35.6 Å². The number of sulfonamides is 1. The van der Waals surface area contributed by atoms with E-state index in [0.717, 1.165) is 29.5 Å². The van der Waals surface area contributed by atoms with Crippen molar-refractivity contribution in [1.82, 2.24) is 5.32 Å². The van der Waals surface area contributed by atoms with Crippen LogP contribution in [0.5, 0.6) is 0 Å². The maximum atomic E-state index is 13.6. The highest BCUT2D eigenvalue weighted by molar-refractivity contribution is 7.92. The van der Waals surface area contributed by atoms with Crippen LogP contribution < -0.4 is 9.62 Å². The van der Waals surface area contributed by atoms with Crippen molar-refractivity contribution in [1.29, 1.82) is 0 Å². The van der Waals surface area contributed by atoms with Crippen molar-refractivity contribution < 1.29 is 13.2 Å². The Balaban J connectivity index is 1.81. The molecule has 180 valence electrons. The molecular formula is C28H34N2O3S. The first-order chi connectivity index (χ1) is 16.2. The van der Waals surface area contributed by atoms with E-state index in [1.165, 1.54) is 9.87 Å². The van der Waals surface area contributed by atoms with Gasteiger partial charge in [-0.2, -0.15) is 0 Å². The molecule has 6 heteroatoms. The number of aryl methyl sites for hydroxylation is 3. The minimum atomic E-state index is -3.93. The van der Waals surface area contributed by atoms with E-state index in [1.807, 2.05) is 57.2 Å². The van der Waals surface area contributed by atoms with Crippen LogP contribution in [-0.2, 0) is 21.2 Å². The maximum Gasteiger partial charge on any atom is 0.264 e. The van der Waals surface area contributed by atoms with Gasteiger partial charge < -0.3 is 5.32 Å². The third kappa shape index (κ3) is 6.48. The summed E-state index contributed by atoms with van der Waals surface area (Å²) in [5.41, 5.74) is 4.44. The minimum absolute atomic E-state index is 0.169. The van der Waals surface area contributed by atoms with Gasteiger partial charge in [-0.15, -0.1) is 0 Å². The van der Waals surface area contributed by atoms with Crippen molar-refractivity contribution >= 4 is 21.6 Å². The molecular weight excluding hydrogens is 444 g/mol. The standard InChI is InChI=1S/C28H34N2O3S/c1-5-24(18-25-9-7-6-8-10-25)19-29-28(31)20-30(27-17-22(3)11-14-23(27)4)34(32,33)26-15-12-21(2)13-16-26/h6-17,24H,5,18-20H2,1-4H3,(H,29,31). The molecule has 0 radical (unpaired) electrons. The largest absolute Gasteiger partial charge is 0.354 e. The predicted molar refractivity (Wildman–Crippen MR) is 139 cm³/mol. The third-order valence-corrected chi connectivity index (χ3v) is 7.84. The summed E-state index contributed by atoms with van der Waals surface area (Å²) in [5, 5.41) is 2.98. The number of nitrogens with zero attached hydrogens (tertiary/aromatic N) is 1. The summed E-state index contributed by atoms with van der Waals surface area (Å²) in [5.74, 6) is -0.0442. The summed E-state index contributed by atoms with van der Waals surface area (Å²) < 4.78 is 28.5. The molecule has 0 bridgehead atoms. The van der Waals surface area contributed by atoms with E-state index in [1.54, 1.807) is 24.3 Å². The normalized spacial score (nSPS) is 12.2. The van der Waals surface area contributed by atoms with E-state index in [9.17, 15) is 13.2 Å². The van der Waals surface area contributed by atoms with Crippen molar-refractivity contribution in [3.05, 3.63) is 95.1 Å². The number of amides is 1. The van der Waals surface area contributed by atoms with E-state index in [-0.39, 0.29) is 23.3 Å². The molecule has 0 aromatic heterocycles. The molecule has 0 saturated carbocycles. The Bertz CT molecular complexity index is 1210. The van der Waals surface area contributed by atoms with Crippen molar-refractivity contribution in [3.8, 4) is 0 Å². The number of hydrogen-bond acceptors (Lipinski definition) is 3. The Hall–Kier alpha value is -3.12. The molecule has 0 fully saturated rings. The lowest BCUT2D eigenvalue weighted by Gasteiger charge is -2.26. The molecule has 0 saturated heterocycles. The van der Waals surface area contributed by atoms with Crippen molar-refractivity contribution in [2.75, 3.05) is 17.4 Å². The van der Waals surface area contributed by atoms with Gasteiger partial charge in [-0.25, -0.2) is 8.42 Å². The van der Waals surface area contributed by atoms with Crippen molar-refractivity contribution in [3.63, 3.8) is 0 Å². The summed E-state index contributed by atoms with van der Waals surface area (Å²) in [7, 11) is -3.93. The van der Waals surface area contributed by atoms with Crippen LogP contribution in [0.25, 0.3) is 0 Å². The van der Waals surface area contributed by atoms with Gasteiger partial charge in [0.25, 0.3) is 10.0 Å². The zero-order chi connectivity index (χ0) is 24.7. The average molecular weight is 479 g/mol. The zero-order valence-corrected chi connectivity index (χ0v) is 21.2. The molecule has 1 atom stereocenters. The molecule has 0 aliphatic rings. The highest BCUT2D eigenvalue weighted by Crippen LogP contribution is 2.28. The number of rotatable bonds is 10. The molecule has 3 rings (SSSR count). The molecule has 1 N–H and O–H groups in total. The summed E-state index contributed by atoms with van der Waals surface area (Å²) in [6, 6.07) is 22.5. The highest BCUT2D eigenvalue weighted by atomic mass is 32.2. The Morgan fingerprint density at radius 2 is 1.56 bits per heavy atom. The highest BCUT2D eigenvalue weighted by Gasteiger charge is 2.28. The molecule has 3 aromatic rings. The Morgan fingerprint density at radius 1 is 0.912 bits per heavy atom. The molecule has 0 spiro atoms. The van der Waals surface area contributed by atoms with Gasteiger partial charge in [0.05, 0.1) is 10.6 Å². The molecule has 5 nitrogen and oxygen atoms in total. The average Bonchev–Trinajstić information content (AvgIpc) is 2.82. The number of carbonyl (C=O) groups is 1. The first kappa shape index (κ1) is 25.5. The fraction of sp³-hybridized carbons (Fsp3) is 0.321. The topological polar surface area (TPSA) is 66.5 Å². The van der Waals surface area contributed by atoms with E-state index in [0.29, 0.717) is 12.2 Å². The summed E-state index contributed by atoms with van der Waals surface area (Å²) in [4.78, 5) is 13.2. The van der Waals surface area contributed by atoms with Crippen LogP contribution in [-0.4, -0.2) is 27.4 Å². The molecule has 1 amide bonds. The summed E-state index contributed by atoms with van der Waals surface area (Å²) in [6.45, 7) is 8.00. The molecule has 0 aliphatic carbocycles. The lowest BCUT2D eigenvalue weighted by atomic mass is 9.97. The first-order valence-electron chi connectivity index (χ1n) is 11.7. The second-order valence-corrected chi connectivity index (χ2v) is 10.7. The van der Waals surface area contributed by atoms with Crippen LogP contribution in [0.2, 0.25) is 0 Å². The predicted octanol–water partition coefficient (Wildman–Crippen LogP) is 5.19. The summed E-state index contributed by atoms with van der Waals surface area (Å²) >= 11 is 0. The van der Waals surface area contributed by atoms with E-state index < -0.39 is 10.0 Å². The summed E-state index contributed by atoms with van der Waals surface area (Å²) in [6.07, 6.45) is 1.78. The van der Waals surface area contributed by atoms with E-state index in [2.05, 4.69) is 24.4 Å². The second kappa shape index (κ2) is 11.3. The number of nitrogens with one attached hydrogen (secondary N) is 1. The smallest absolute Gasteiger partial charge is 0.264 e. The Kier molecular flexibility index (Phi) is 8.51. The quantitative estimate of drug-likeness (QED) is 0.436. The van der Waals surface area contributed by atoms with Crippen LogP contribution in [0.15, 0.2) is 77.7 Å². The second-order valence-electron chi connectivity index (χ2n) is 8.88. The Labute approximate surface area is 203 Å². The number of benzene rings is 3. The molecule has 1 unspecified atom stereocenters. The maximum absolute atomic E-state index is 13.6. The van der Waals surface area contributed by atoms with Crippen LogP contribution in [0, 0.1) is 26.7 Å². The molecule has 34 heavy (non-hydrogen) atoms. The lowest BCUT2D eigenvalue weighted by molar-refractivity contribution is -0.119. The van der Waals surface area contributed by atoms with Crippen LogP contribution in [0.3, 0.4) is 0 Å². The van der Waals surface area contributed by atoms with Gasteiger partial charge in [0, 0.05) is 6.54 Å². The van der Waals surface area contributed by atoms with Gasteiger partial charge in [-0.3, -0.25) is 9.10 Å². The van der Waals surface area contributed by atoms with Gasteiger partial charge in [0.1, 0.15) is 6.54 Å². The van der Waals surface area contributed by atoms with Gasteiger partial charge >= 0.3 is 0 Å². The van der Waals surface area contributed by atoms with Crippen LogP contribution in [0.4, 0.5) is 5.69 Å². The fourth-order valence-corrected chi connectivity index (χ4v) is 5.36. The number of carbonyl (C=O) groups excluding carboxylic acids is 1. The van der Waals surface area contributed by atoms with Gasteiger partial charge in [0.2, 0.25) is 5.91 Å². The zero-order valence-electron chi connectivity index (χ0n) is 20.4. The molecule has 0 heterocycles. The lowest BCUT2D eigenvalue weighted by Crippen LogP contribution is -2.42. The number of hydrogen-bond donors (Lipinski definition) is 1. The van der Waals surface area contributed by atoms with E-state index in [4.69, 9.17) is 0 Å². The minimum Gasteiger partial charge on any atom is -0.354 e. The van der Waals surface area contributed by atoms with E-state index >= 15 is 0 Å². The van der Waals surface area contributed by atoms with Gasteiger partial charge in [-0.1, -0.05) is 73.5 Å². The number of anilines is 1. The SMILES string of the molecule is CCC(CNC(=O)CN(c1cc(C)ccc1C)S(=O)(=O)c1ccc(C)cc1)Cc1ccccc1. The van der Waals surface area contributed by atoms with Gasteiger partial charge in [0.15, 0.2) is 0 Å².